The van der Waals surface area contributed by atoms with E-state index in [2.05, 4.69) is 9.97 Å². The number of hydrogen-bond acceptors (Lipinski definition) is 5. The molecular formula is C22H25FN4O4S. The van der Waals surface area contributed by atoms with Gasteiger partial charge in [0.25, 0.3) is 10.0 Å². The maximum absolute atomic E-state index is 14.5. The van der Waals surface area contributed by atoms with Crippen LogP contribution in [-0.4, -0.2) is 45.0 Å². The number of amides is 1. The summed E-state index contributed by atoms with van der Waals surface area (Å²) >= 11 is 0. The molecule has 0 aliphatic heterocycles. The molecule has 10 heteroatoms. The molecule has 0 aliphatic carbocycles. The van der Waals surface area contributed by atoms with Crippen molar-refractivity contribution in [2.75, 3.05) is 6.54 Å². The predicted molar refractivity (Wildman–Crippen MR) is 117 cm³/mol. The molecule has 0 unspecified atom stereocenters. The third-order valence-corrected chi connectivity index (χ3v) is 6.29. The van der Waals surface area contributed by atoms with Crippen molar-refractivity contribution in [3.8, 4) is 11.3 Å². The highest BCUT2D eigenvalue weighted by molar-refractivity contribution is 7.90. The molecule has 32 heavy (non-hydrogen) atoms. The van der Waals surface area contributed by atoms with Gasteiger partial charge >= 0.3 is 6.09 Å². The van der Waals surface area contributed by atoms with Crippen molar-refractivity contribution in [2.45, 2.75) is 39.1 Å². The van der Waals surface area contributed by atoms with E-state index in [0.717, 1.165) is 3.97 Å². The second-order valence-corrected chi connectivity index (χ2v) is 10.5. The second-order valence-electron chi connectivity index (χ2n) is 8.71. The molecule has 0 aromatic carbocycles. The minimum absolute atomic E-state index is 0.0138. The first-order valence-corrected chi connectivity index (χ1v) is 11.3. The molecule has 3 heterocycles. The zero-order valence-electron chi connectivity index (χ0n) is 18.3. The van der Waals surface area contributed by atoms with Crippen LogP contribution in [0.5, 0.6) is 0 Å². The van der Waals surface area contributed by atoms with Gasteiger partial charge in [-0.1, -0.05) is 20.8 Å². The van der Waals surface area contributed by atoms with E-state index in [1.807, 2.05) is 20.8 Å². The van der Waals surface area contributed by atoms with Crippen LogP contribution < -0.4 is 0 Å². The maximum Gasteiger partial charge on any atom is 0.407 e. The lowest BCUT2D eigenvalue weighted by Crippen LogP contribution is -2.36. The molecule has 0 fully saturated rings. The van der Waals surface area contributed by atoms with Gasteiger partial charge in [-0.2, -0.15) is 4.39 Å². The summed E-state index contributed by atoms with van der Waals surface area (Å²) in [5.41, 5.74) is 0.777. The van der Waals surface area contributed by atoms with Crippen LogP contribution in [0.3, 0.4) is 0 Å². The Hall–Kier alpha value is -3.27. The Balaban J connectivity index is 2.14. The van der Waals surface area contributed by atoms with E-state index in [1.165, 1.54) is 47.8 Å². The van der Waals surface area contributed by atoms with Crippen LogP contribution in [0.4, 0.5) is 9.18 Å². The Morgan fingerprint density at radius 1 is 1.22 bits per heavy atom. The molecule has 3 aromatic rings. The highest BCUT2D eigenvalue weighted by Gasteiger charge is 2.26. The largest absolute Gasteiger partial charge is 0.465 e. The summed E-state index contributed by atoms with van der Waals surface area (Å²) in [6.07, 6.45) is 2.68. The summed E-state index contributed by atoms with van der Waals surface area (Å²) in [4.78, 5) is 20.6. The Labute approximate surface area is 186 Å². The minimum Gasteiger partial charge on any atom is -0.465 e. The first-order valence-electron chi connectivity index (χ1n) is 9.87. The summed E-state index contributed by atoms with van der Waals surface area (Å²) in [5, 5.41) is 9.62. The number of halogens is 1. The van der Waals surface area contributed by atoms with Crippen LogP contribution in [-0.2, 0) is 16.6 Å². The van der Waals surface area contributed by atoms with Crippen LogP contribution in [0.2, 0.25) is 0 Å². The lowest BCUT2D eigenvalue weighted by atomic mass is 9.96. The van der Waals surface area contributed by atoms with Gasteiger partial charge in [0.2, 0.25) is 5.95 Å². The fourth-order valence-corrected chi connectivity index (χ4v) is 4.60. The van der Waals surface area contributed by atoms with Crippen molar-refractivity contribution in [3.05, 3.63) is 66.1 Å². The van der Waals surface area contributed by atoms with Crippen LogP contribution in [0.25, 0.3) is 11.3 Å². The van der Waals surface area contributed by atoms with E-state index in [1.54, 1.807) is 13.0 Å². The van der Waals surface area contributed by atoms with Crippen LogP contribution in [0.1, 0.15) is 32.0 Å². The van der Waals surface area contributed by atoms with Crippen molar-refractivity contribution >= 4 is 16.1 Å². The topological polar surface area (TPSA) is 105 Å². The molecule has 0 aliphatic rings. The van der Waals surface area contributed by atoms with Crippen LogP contribution in [0.15, 0.2) is 53.8 Å². The molecule has 3 rings (SSSR count). The van der Waals surface area contributed by atoms with Gasteiger partial charge in [-0.3, -0.25) is 4.98 Å². The Bertz CT molecular complexity index is 1230. The quantitative estimate of drug-likeness (QED) is 0.554. The van der Waals surface area contributed by atoms with Crippen molar-refractivity contribution in [1.82, 2.24) is 18.8 Å². The van der Waals surface area contributed by atoms with Gasteiger partial charge in [0.05, 0.1) is 17.8 Å². The molecule has 1 amide bonds. The Morgan fingerprint density at radius 3 is 2.50 bits per heavy atom. The van der Waals surface area contributed by atoms with Gasteiger partial charge in [-0.05, 0) is 48.2 Å². The first kappa shape index (κ1) is 23.4. The number of pyridine rings is 2. The molecule has 3 aromatic heterocycles. The molecule has 0 saturated carbocycles. The smallest absolute Gasteiger partial charge is 0.407 e. The van der Waals surface area contributed by atoms with E-state index in [9.17, 15) is 22.7 Å². The van der Waals surface area contributed by atoms with Crippen LogP contribution >= 0.6 is 0 Å². The fraction of sp³-hybridized carbons (Fsp3) is 0.318. The summed E-state index contributed by atoms with van der Waals surface area (Å²) in [5.74, 6) is -0.833. The third-order valence-electron chi connectivity index (χ3n) is 4.63. The van der Waals surface area contributed by atoms with Gasteiger partial charge in [-0.15, -0.1) is 0 Å². The molecule has 0 saturated heterocycles. The van der Waals surface area contributed by atoms with Crippen molar-refractivity contribution < 1.29 is 22.7 Å². The van der Waals surface area contributed by atoms with E-state index in [0.29, 0.717) is 11.3 Å². The zero-order chi connectivity index (χ0) is 23.7. The summed E-state index contributed by atoms with van der Waals surface area (Å²) in [6.45, 7) is 7.61. The number of carboxylic acid groups (broad SMARTS) is 1. The van der Waals surface area contributed by atoms with Gasteiger partial charge in [0.15, 0.2) is 0 Å². The summed E-state index contributed by atoms with van der Waals surface area (Å²) in [6, 6.07) is 7.38. The average Bonchev–Trinajstić information content (AvgIpc) is 3.11. The van der Waals surface area contributed by atoms with E-state index in [-0.39, 0.29) is 34.7 Å². The molecule has 8 nitrogen and oxygen atoms in total. The molecule has 0 spiro atoms. The number of rotatable bonds is 6. The first-order chi connectivity index (χ1) is 14.9. The van der Waals surface area contributed by atoms with Crippen LogP contribution in [0, 0.1) is 18.3 Å². The average molecular weight is 461 g/mol. The normalized spacial score (nSPS) is 12.0. The molecule has 1 N–H and O–H groups in total. The maximum atomic E-state index is 14.5. The number of aromatic nitrogens is 3. The molecule has 0 atom stereocenters. The SMILES string of the molecule is Cc1ccc(S(=O)(=O)n2cc(CN(CC(C)(C)C)C(=O)O)cc2-c2cccnc2F)cn1. The fourth-order valence-electron chi connectivity index (χ4n) is 3.26. The summed E-state index contributed by atoms with van der Waals surface area (Å²) < 4.78 is 42.2. The monoisotopic (exact) mass is 460 g/mol. The Kier molecular flexibility index (Phi) is 6.36. The van der Waals surface area contributed by atoms with Gasteiger partial charge in [0.1, 0.15) is 4.90 Å². The highest BCUT2D eigenvalue weighted by Crippen LogP contribution is 2.29. The summed E-state index contributed by atoms with van der Waals surface area (Å²) in [7, 11) is -4.13. The zero-order valence-corrected chi connectivity index (χ0v) is 19.1. The van der Waals surface area contributed by atoms with Crippen molar-refractivity contribution in [1.29, 1.82) is 0 Å². The number of nitrogens with zero attached hydrogens (tertiary/aromatic N) is 4. The van der Waals surface area contributed by atoms with Gasteiger partial charge in [-0.25, -0.2) is 22.2 Å². The minimum atomic E-state index is -4.13. The molecule has 0 radical (unpaired) electrons. The van der Waals surface area contributed by atoms with E-state index >= 15 is 0 Å². The number of carbonyl (C=O) groups is 1. The Morgan fingerprint density at radius 2 is 1.94 bits per heavy atom. The van der Waals surface area contributed by atoms with Gasteiger partial charge < -0.3 is 10.0 Å². The molecule has 0 bridgehead atoms. The highest BCUT2D eigenvalue weighted by atomic mass is 32.2. The molecular weight excluding hydrogens is 435 g/mol. The van der Waals surface area contributed by atoms with Gasteiger partial charge in [0, 0.05) is 30.8 Å². The second kappa shape index (κ2) is 8.70. The predicted octanol–water partition coefficient (Wildman–Crippen LogP) is 4.16. The van der Waals surface area contributed by atoms with Crippen molar-refractivity contribution in [2.24, 2.45) is 5.41 Å². The van der Waals surface area contributed by atoms with E-state index < -0.39 is 22.1 Å². The number of aryl methyl sites for hydroxylation is 1. The van der Waals surface area contributed by atoms with E-state index in [4.69, 9.17) is 0 Å². The lowest BCUT2D eigenvalue weighted by molar-refractivity contribution is 0.123. The number of hydrogen-bond donors (Lipinski definition) is 1. The standard InChI is InChI=1S/C22H25FN4O4S/c1-15-7-8-17(11-25-15)32(30,31)27-13-16(12-26(21(28)29)14-22(2,3)4)10-19(27)18-6-5-9-24-20(18)23/h5-11,13H,12,14H2,1-4H3,(H,28,29). The third kappa shape index (κ3) is 5.13. The lowest BCUT2D eigenvalue weighted by Gasteiger charge is -2.27. The van der Waals surface area contributed by atoms with Crippen molar-refractivity contribution in [3.63, 3.8) is 0 Å². The molecule has 170 valence electrons.